The van der Waals surface area contributed by atoms with Crippen LogP contribution in [0.3, 0.4) is 0 Å². The Morgan fingerprint density at radius 3 is 1.57 bits per heavy atom. The van der Waals surface area contributed by atoms with Crippen LogP contribution in [0.15, 0.2) is 266 Å². The molecule has 0 radical (unpaired) electrons. The van der Waals surface area contributed by atoms with Gasteiger partial charge in [0.1, 0.15) is 0 Å². The highest BCUT2D eigenvalue weighted by atomic mass is 32.3. The summed E-state index contributed by atoms with van der Waals surface area (Å²) in [5.41, 5.74) is 10.0. The third-order valence-corrected chi connectivity index (χ3v) is 17.6. The number of anilines is 6. The zero-order valence-electron chi connectivity index (χ0n) is 44.0. The summed E-state index contributed by atoms with van der Waals surface area (Å²) in [7, 11) is -2.00. The normalized spacial score (nSPS) is 12.2. The van der Waals surface area contributed by atoms with E-state index < -0.39 is 10.0 Å². The van der Waals surface area contributed by atoms with Crippen LogP contribution in [0.5, 0.6) is 0 Å². The van der Waals surface area contributed by atoms with E-state index in [9.17, 15) is 0 Å². The van der Waals surface area contributed by atoms with Gasteiger partial charge in [0.05, 0.1) is 22.7 Å². The highest BCUT2D eigenvalue weighted by Gasteiger charge is 2.43. The average molecular weight is 1010 g/mol. The molecule has 7 heteroatoms. The highest BCUT2D eigenvalue weighted by Crippen LogP contribution is 2.79. The van der Waals surface area contributed by atoms with Crippen molar-refractivity contribution in [1.29, 1.82) is 0 Å². The lowest BCUT2D eigenvalue weighted by molar-refractivity contribution is 0.962. The molecule has 11 rings (SSSR count). The Hall–Kier alpha value is -7.71. The molecule has 1 aliphatic heterocycles. The Balaban J connectivity index is 0.000000601. The molecule has 0 amide bonds. The van der Waals surface area contributed by atoms with Gasteiger partial charge in [-0.2, -0.15) is 15.0 Å². The number of hydrogen-bond acceptors (Lipinski definition) is 6. The van der Waals surface area contributed by atoms with Crippen LogP contribution in [0.2, 0.25) is 0 Å². The Morgan fingerprint density at radius 1 is 0.459 bits per heavy atom. The lowest BCUT2D eigenvalue weighted by Crippen LogP contribution is -2.25. The molecule has 1 aliphatic rings. The van der Waals surface area contributed by atoms with E-state index in [1.54, 1.807) is 11.8 Å². The van der Waals surface area contributed by atoms with Crippen LogP contribution in [0.4, 0.5) is 34.6 Å². The van der Waals surface area contributed by atoms with Crippen LogP contribution < -0.4 is 9.80 Å². The number of benzene rings is 9. The van der Waals surface area contributed by atoms with Crippen LogP contribution in [0.1, 0.15) is 63.8 Å². The molecule has 0 unspecified atom stereocenters. The van der Waals surface area contributed by atoms with Gasteiger partial charge in [0.15, 0.2) is 5.82 Å². The Morgan fingerprint density at radius 2 is 0.973 bits per heavy atom. The zero-order valence-corrected chi connectivity index (χ0v) is 45.6. The van der Waals surface area contributed by atoms with Crippen molar-refractivity contribution in [2.24, 2.45) is 0 Å². The number of hydrogen-bond donors (Lipinski definition) is 0. The molecule has 5 nitrogen and oxygen atoms in total. The molecule has 2 heterocycles. The minimum Gasteiger partial charge on any atom is -0.278 e. The maximum absolute atomic E-state index is 5.63. The van der Waals surface area contributed by atoms with Crippen molar-refractivity contribution in [2.75, 3.05) is 9.80 Å². The van der Waals surface area contributed by atoms with Crippen molar-refractivity contribution in [3.8, 4) is 11.4 Å². The lowest BCUT2D eigenvalue weighted by Gasteiger charge is -2.49. The number of fused-ring (bicyclic) bond motifs is 2. The van der Waals surface area contributed by atoms with Gasteiger partial charge in [-0.25, -0.2) is 0 Å². The summed E-state index contributed by atoms with van der Waals surface area (Å²) >= 11 is 1.74. The fourth-order valence-corrected chi connectivity index (χ4v) is 14.3. The van der Waals surface area contributed by atoms with Crippen LogP contribution in [0.25, 0.3) is 11.4 Å². The van der Waals surface area contributed by atoms with E-state index in [4.69, 9.17) is 15.0 Å². The molecule has 0 bridgehead atoms. The number of aromatic nitrogens is 3. The van der Waals surface area contributed by atoms with E-state index in [0.29, 0.717) is 17.7 Å². The van der Waals surface area contributed by atoms with Gasteiger partial charge in [-0.3, -0.25) is 9.80 Å². The first-order valence-corrected chi connectivity index (χ1v) is 28.4. The van der Waals surface area contributed by atoms with Crippen LogP contribution in [-0.2, 0) is 12.8 Å². The number of aryl methyl sites for hydroxylation is 4. The molecule has 1 aromatic heterocycles. The second-order valence-electron chi connectivity index (χ2n) is 17.2. The Bertz CT molecular complexity index is 3310. The van der Waals surface area contributed by atoms with Gasteiger partial charge in [-0.05, 0) is 122 Å². The van der Waals surface area contributed by atoms with Gasteiger partial charge in [0, 0.05) is 34.9 Å². The van der Waals surface area contributed by atoms with Gasteiger partial charge in [-0.15, -0.1) is 10.0 Å². The zero-order chi connectivity index (χ0) is 51.9. The fourth-order valence-electron chi connectivity index (χ4n) is 9.15. The van der Waals surface area contributed by atoms with E-state index in [1.165, 1.54) is 36.3 Å². The van der Waals surface area contributed by atoms with E-state index >= 15 is 0 Å². The molecular weight excluding hydrogens is 939 g/mol. The monoisotopic (exact) mass is 1010 g/mol. The third-order valence-electron chi connectivity index (χ3n) is 12.6. The van der Waals surface area contributed by atoms with Gasteiger partial charge in [0.2, 0.25) is 11.9 Å². The summed E-state index contributed by atoms with van der Waals surface area (Å²) in [5, 5.41) is 0. The molecule has 0 atom stereocenters. The second kappa shape index (κ2) is 25.3. The van der Waals surface area contributed by atoms with Crippen molar-refractivity contribution in [3.05, 3.63) is 259 Å². The van der Waals surface area contributed by atoms with Gasteiger partial charge >= 0.3 is 0 Å². The summed E-state index contributed by atoms with van der Waals surface area (Å²) in [5.74, 6) is 1.68. The van der Waals surface area contributed by atoms with Crippen LogP contribution >= 0.6 is 21.8 Å². The van der Waals surface area contributed by atoms with Crippen LogP contribution in [0, 0.1) is 13.8 Å². The van der Waals surface area contributed by atoms with Crippen LogP contribution in [-0.4, -0.2) is 15.0 Å². The molecule has 10 aromatic rings. The van der Waals surface area contributed by atoms with E-state index in [-0.39, 0.29) is 0 Å². The standard InChI is InChI=1S/C56H47N5S2.C7H8.2C2H6/c1-4-41-34-36-47(40(3)38-41)60(48-30-18-20-32-51(48)62-44-24-12-7-13-25-44)55-57-54(43-22-10-6-11-23-43)58-56(59-55)61-49-31-19-21-33-52(49)63(45-26-14-8-15-27-45,46-28-16-9-17-29-46)53-39-42(5-2)35-37-50(53)61;1-7-5-3-2-4-6-7;2*1-2/h6-39H,4-5H2,1-3H3;2-6H,1H3;2*1-2H3. The van der Waals surface area contributed by atoms with Crippen molar-refractivity contribution in [1.82, 2.24) is 15.0 Å². The Kier molecular flexibility index (Phi) is 18.0. The molecule has 0 saturated carbocycles. The average Bonchev–Trinajstić information content (AvgIpc) is 3.47. The Labute approximate surface area is 446 Å². The second-order valence-corrected chi connectivity index (χ2v) is 21.3. The molecule has 372 valence electrons. The molecule has 0 N–H and O–H groups in total. The summed E-state index contributed by atoms with van der Waals surface area (Å²) in [6.45, 7) is 16.7. The SMILES string of the molecule is CC.CC.CCc1ccc(N(c2nc(-c3ccccc3)nc(N3c4ccccc4S(c4ccccc4)(c4ccccc4)c4cc(CC)ccc43)n2)c2ccccc2Sc2ccccc2)c(C)c1.Cc1ccccc1. The van der Waals surface area contributed by atoms with E-state index in [0.717, 1.165) is 56.5 Å². The summed E-state index contributed by atoms with van der Waals surface area (Å²) in [4.78, 5) is 28.3. The van der Waals surface area contributed by atoms with E-state index in [1.807, 2.05) is 64.1 Å². The van der Waals surface area contributed by atoms with Crippen molar-refractivity contribution in [2.45, 2.75) is 97.6 Å². The fraction of sp³-hybridized carbons (Fsp3) is 0.149. The topological polar surface area (TPSA) is 45.2 Å². The molecule has 0 aliphatic carbocycles. The predicted octanol–water partition coefficient (Wildman–Crippen LogP) is 19.8. The first-order valence-electron chi connectivity index (χ1n) is 26.0. The molecule has 0 spiro atoms. The maximum Gasteiger partial charge on any atom is 0.240 e. The smallest absolute Gasteiger partial charge is 0.240 e. The molecular formula is C67H67N5S2. The largest absolute Gasteiger partial charge is 0.278 e. The molecule has 74 heavy (non-hydrogen) atoms. The molecule has 0 fully saturated rings. The summed E-state index contributed by atoms with van der Waals surface area (Å²) in [6.07, 6.45) is 1.85. The minimum atomic E-state index is -2.00. The maximum atomic E-state index is 5.63. The molecule has 0 saturated heterocycles. The quantitative estimate of drug-likeness (QED) is 0.129. The van der Waals surface area contributed by atoms with Gasteiger partial charge in [0.25, 0.3) is 0 Å². The minimum absolute atomic E-state index is 0.534. The highest BCUT2D eigenvalue weighted by molar-refractivity contribution is 8.34. The molecule has 9 aromatic carbocycles. The first kappa shape index (κ1) is 52.6. The van der Waals surface area contributed by atoms with E-state index in [2.05, 4.69) is 238 Å². The first-order chi connectivity index (χ1) is 36.5. The van der Waals surface area contributed by atoms with Crippen molar-refractivity contribution < 1.29 is 0 Å². The third kappa shape index (κ3) is 11.1. The van der Waals surface area contributed by atoms with Gasteiger partial charge in [-0.1, -0.05) is 217 Å². The predicted molar refractivity (Wildman–Crippen MR) is 316 cm³/mol. The summed E-state index contributed by atoms with van der Waals surface area (Å²) < 4.78 is 0. The number of rotatable bonds is 11. The van der Waals surface area contributed by atoms with Crippen molar-refractivity contribution >= 4 is 56.4 Å². The summed E-state index contributed by atoms with van der Waals surface area (Å²) in [6, 6.07) is 84.4. The number of nitrogens with zero attached hydrogens (tertiary/aromatic N) is 5. The van der Waals surface area contributed by atoms with Crippen molar-refractivity contribution in [3.63, 3.8) is 0 Å². The van der Waals surface area contributed by atoms with Gasteiger partial charge < -0.3 is 0 Å². The lowest BCUT2D eigenvalue weighted by atomic mass is 10.1. The number of para-hydroxylation sites is 2.